The van der Waals surface area contributed by atoms with Gasteiger partial charge in [-0.05, 0) is 5.56 Å². The van der Waals surface area contributed by atoms with E-state index in [-0.39, 0.29) is 11.7 Å². The number of carbonyl (C=O) groups is 2. The van der Waals surface area contributed by atoms with Crippen LogP contribution in [-0.2, 0) is 18.3 Å². The van der Waals surface area contributed by atoms with Gasteiger partial charge in [-0.3, -0.25) is 10.1 Å². The summed E-state index contributed by atoms with van der Waals surface area (Å²) in [5.41, 5.74) is 1.15. The second-order valence-corrected chi connectivity index (χ2v) is 5.48. The Morgan fingerprint density at radius 1 is 1.23 bits per heavy atom. The molecule has 0 fully saturated rings. The predicted octanol–water partition coefficient (Wildman–Crippen LogP) is 0.954. The average Bonchev–Trinajstić information content (AvgIpc) is 2.87. The number of thioether (sulfide) groups is 1. The summed E-state index contributed by atoms with van der Waals surface area (Å²) in [6.07, 6.45) is 0.676. The number of amides is 3. The number of hydrogen-bond acceptors (Lipinski definition) is 5. The molecule has 2 rings (SSSR count). The number of hydrogen-bond donors (Lipinski definition) is 2. The van der Waals surface area contributed by atoms with Gasteiger partial charge < -0.3 is 9.88 Å². The van der Waals surface area contributed by atoms with Crippen LogP contribution in [0, 0.1) is 0 Å². The smallest absolute Gasteiger partial charge is 0.321 e. The van der Waals surface area contributed by atoms with Crippen molar-refractivity contribution < 1.29 is 9.59 Å². The zero-order chi connectivity index (χ0) is 15.9. The van der Waals surface area contributed by atoms with Crippen molar-refractivity contribution in [2.45, 2.75) is 11.6 Å². The molecular formula is C14H17N5O2S. The maximum Gasteiger partial charge on any atom is 0.321 e. The van der Waals surface area contributed by atoms with E-state index in [1.807, 2.05) is 41.9 Å². The molecule has 3 amide bonds. The van der Waals surface area contributed by atoms with Crippen LogP contribution in [0.5, 0.6) is 0 Å². The Kier molecular flexibility index (Phi) is 5.54. The van der Waals surface area contributed by atoms with Crippen molar-refractivity contribution in [3.63, 3.8) is 0 Å². The zero-order valence-electron chi connectivity index (χ0n) is 12.4. The standard InChI is InChI=1S/C14H17N5O2S/c1-15-13(21)16-12(20)9-22-14-18-17-11(19(14)2)8-10-6-4-3-5-7-10/h3-7H,8-9H2,1-2H3,(H2,15,16,20,21). The van der Waals surface area contributed by atoms with Gasteiger partial charge in [0.2, 0.25) is 5.91 Å². The summed E-state index contributed by atoms with van der Waals surface area (Å²) in [6.45, 7) is 0. The number of nitrogens with one attached hydrogen (secondary N) is 2. The highest BCUT2D eigenvalue weighted by molar-refractivity contribution is 7.99. The molecule has 0 atom stereocenters. The van der Waals surface area contributed by atoms with Gasteiger partial charge in [0.25, 0.3) is 0 Å². The highest BCUT2D eigenvalue weighted by Crippen LogP contribution is 2.17. The SMILES string of the molecule is CNC(=O)NC(=O)CSc1nnc(Cc2ccccc2)n1C. The molecule has 0 aliphatic carbocycles. The van der Waals surface area contributed by atoms with E-state index < -0.39 is 6.03 Å². The maximum atomic E-state index is 11.5. The molecule has 1 aromatic heterocycles. The molecule has 8 heteroatoms. The first-order valence-electron chi connectivity index (χ1n) is 6.66. The first-order valence-corrected chi connectivity index (χ1v) is 7.65. The fourth-order valence-corrected chi connectivity index (χ4v) is 2.49. The molecule has 0 spiro atoms. The third kappa shape index (κ3) is 4.32. The summed E-state index contributed by atoms with van der Waals surface area (Å²) in [5.74, 6) is 0.544. The number of benzene rings is 1. The third-order valence-electron chi connectivity index (χ3n) is 2.94. The van der Waals surface area contributed by atoms with Gasteiger partial charge in [-0.2, -0.15) is 0 Å². The molecule has 0 bridgehead atoms. The fraction of sp³-hybridized carbons (Fsp3) is 0.286. The van der Waals surface area contributed by atoms with E-state index in [1.165, 1.54) is 18.8 Å². The highest BCUT2D eigenvalue weighted by Gasteiger charge is 2.12. The lowest BCUT2D eigenvalue weighted by Gasteiger charge is -2.04. The minimum atomic E-state index is -0.520. The van der Waals surface area contributed by atoms with Crippen LogP contribution in [0.2, 0.25) is 0 Å². The Morgan fingerprint density at radius 3 is 2.64 bits per heavy atom. The molecule has 0 saturated carbocycles. The molecule has 2 N–H and O–H groups in total. The van der Waals surface area contributed by atoms with Crippen LogP contribution in [0.15, 0.2) is 35.5 Å². The number of urea groups is 1. The van der Waals surface area contributed by atoms with E-state index in [1.54, 1.807) is 0 Å². The normalized spacial score (nSPS) is 10.3. The van der Waals surface area contributed by atoms with Crippen LogP contribution in [-0.4, -0.2) is 39.5 Å². The molecule has 1 aromatic carbocycles. The molecule has 0 radical (unpaired) electrons. The Balaban J connectivity index is 1.93. The van der Waals surface area contributed by atoms with Crippen molar-refractivity contribution in [2.75, 3.05) is 12.8 Å². The highest BCUT2D eigenvalue weighted by atomic mass is 32.2. The van der Waals surface area contributed by atoms with E-state index in [2.05, 4.69) is 20.8 Å². The van der Waals surface area contributed by atoms with Gasteiger partial charge >= 0.3 is 6.03 Å². The van der Waals surface area contributed by atoms with Gasteiger partial charge in [0.15, 0.2) is 5.16 Å². The lowest BCUT2D eigenvalue weighted by molar-refractivity contribution is -0.117. The zero-order valence-corrected chi connectivity index (χ0v) is 13.2. The largest absolute Gasteiger partial charge is 0.341 e. The maximum absolute atomic E-state index is 11.5. The van der Waals surface area contributed by atoms with E-state index in [9.17, 15) is 9.59 Å². The Morgan fingerprint density at radius 2 is 1.95 bits per heavy atom. The van der Waals surface area contributed by atoms with Gasteiger partial charge in [0.05, 0.1) is 5.75 Å². The van der Waals surface area contributed by atoms with E-state index in [0.717, 1.165) is 11.4 Å². The summed E-state index contributed by atoms with van der Waals surface area (Å²) in [6, 6.07) is 9.45. The molecule has 2 aromatic rings. The van der Waals surface area contributed by atoms with Gasteiger partial charge in [-0.1, -0.05) is 42.1 Å². The first-order chi connectivity index (χ1) is 10.6. The molecule has 0 saturated heterocycles. The Labute approximate surface area is 132 Å². The van der Waals surface area contributed by atoms with Crippen molar-refractivity contribution in [1.82, 2.24) is 25.4 Å². The quantitative estimate of drug-likeness (QED) is 0.801. The molecule has 7 nitrogen and oxygen atoms in total. The Hall–Kier alpha value is -2.35. The van der Waals surface area contributed by atoms with E-state index in [4.69, 9.17) is 0 Å². The minimum absolute atomic E-state index is 0.102. The second-order valence-electron chi connectivity index (χ2n) is 4.54. The van der Waals surface area contributed by atoms with Crippen molar-refractivity contribution >= 4 is 23.7 Å². The summed E-state index contributed by atoms with van der Waals surface area (Å²) >= 11 is 1.24. The molecule has 0 aliphatic heterocycles. The van der Waals surface area contributed by atoms with Crippen LogP contribution < -0.4 is 10.6 Å². The monoisotopic (exact) mass is 319 g/mol. The molecular weight excluding hydrogens is 302 g/mol. The topological polar surface area (TPSA) is 88.9 Å². The number of imide groups is 1. The lowest BCUT2D eigenvalue weighted by Crippen LogP contribution is -2.38. The summed E-state index contributed by atoms with van der Waals surface area (Å²) in [4.78, 5) is 22.6. The number of nitrogens with zero attached hydrogens (tertiary/aromatic N) is 3. The van der Waals surface area contributed by atoms with Crippen LogP contribution in [0.1, 0.15) is 11.4 Å². The van der Waals surface area contributed by atoms with Crippen LogP contribution in [0.4, 0.5) is 4.79 Å². The van der Waals surface area contributed by atoms with Crippen LogP contribution >= 0.6 is 11.8 Å². The average molecular weight is 319 g/mol. The van der Waals surface area contributed by atoms with E-state index >= 15 is 0 Å². The van der Waals surface area contributed by atoms with Gasteiger partial charge in [-0.15, -0.1) is 10.2 Å². The molecule has 116 valence electrons. The number of aromatic nitrogens is 3. The Bertz CT molecular complexity index is 657. The summed E-state index contributed by atoms with van der Waals surface area (Å²) in [7, 11) is 3.31. The first kappa shape index (κ1) is 16.0. The van der Waals surface area contributed by atoms with Crippen molar-refractivity contribution in [3.05, 3.63) is 41.7 Å². The van der Waals surface area contributed by atoms with Crippen molar-refractivity contribution in [2.24, 2.45) is 7.05 Å². The lowest BCUT2D eigenvalue weighted by atomic mass is 10.1. The minimum Gasteiger partial charge on any atom is -0.341 e. The molecule has 0 aliphatic rings. The van der Waals surface area contributed by atoms with Gasteiger partial charge in [0, 0.05) is 20.5 Å². The fourth-order valence-electron chi connectivity index (χ4n) is 1.76. The second kappa shape index (κ2) is 7.60. The molecule has 0 unspecified atom stereocenters. The van der Waals surface area contributed by atoms with Gasteiger partial charge in [0.1, 0.15) is 5.82 Å². The third-order valence-corrected chi connectivity index (χ3v) is 3.96. The predicted molar refractivity (Wildman–Crippen MR) is 83.6 cm³/mol. The van der Waals surface area contributed by atoms with Gasteiger partial charge in [-0.25, -0.2) is 4.79 Å². The molecule has 22 heavy (non-hydrogen) atoms. The van der Waals surface area contributed by atoms with E-state index in [0.29, 0.717) is 11.6 Å². The summed E-state index contributed by atoms with van der Waals surface area (Å²) in [5, 5.41) is 13.4. The van der Waals surface area contributed by atoms with Crippen LogP contribution in [0.3, 0.4) is 0 Å². The molecule has 1 heterocycles. The van der Waals surface area contributed by atoms with Crippen molar-refractivity contribution in [1.29, 1.82) is 0 Å². The number of carbonyl (C=O) groups excluding carboxylic acids is 2. The number of rotatable bonds is 5. The van der Waals surface area contributed by atoms with Crippen LogP contribution in [0.25, 0.3) is 0 Å². The summed E-state index contributed by atoms with van der Waals surface area (Å²) < 4.78 is 1.85. The van der Waals surface area contributed by atoms with Crippen molar-refractivity contribution in [3.8, 4) is 0 Å².